The van der Waals surface area contributed by atoms with Gasteiger partial charge in [0, 0.05) is 34.3 Å². The van der Waals surface area contributed by atoms with Crippen molar-refractivity contribution in [2.24, 2.45) is 0 Å². The fourth-order valence-corrected chi connectivity index (χ4v) is 3.19. The minimum Gasteiger partial charge on any atom is -0.491 e. The summed E-state index contributed by atoms with van der Waals surface area (Å²) in [6.45, 7) is 2.48. The summed E-state index contributed by atoms with van der Waals surface area (Å²) in [6, 6.07) is 14.8. The van der Waals surface area contributed by atoms with E-state index in [0.717, 1.165) is 23.4 Å². The first-order valence-corrected chi connectivity index (χ1v) is 9.80. The van der Waals surface area contributed by atoms with Crippen LogP contribution in [0.5, 0.6) is 5.75 Å². The molecule has 2 aromatic rings. The van der Waals surface area contributed by atoms with Crippen LogP contribution in [0, 0.1) is 0 Å². The first kappa shape index (κ1) is 20.4. The topological polar surface area (TPSA) is 67.9 Å². The molecule has 0 aliphatic heterocycles. The molecule has 0 spiro atoms. The number of sulfonamides is 1. The minimum atomic E-state index is -3.38. The maximum absolute atomic E-state index is 12.0. The lowest BCUT2D eigenvalue weighted by Gasteiger charge is -2.12. The molecule has 0 saturated carbocycles. The third-order valence-electron chi connectivity index (χ3n) is 3.84. The van der Waals surface area contributed by atoms with Gasteiger partial charge < -0.3 is 14.8 Å². The summed E-state index contributed by atoms with van der Waals surface area (Å²) in [4.78, 5) is 0.301. The molecule has 0 radical (unpaired) electrons. The summed E-state index contributed by atoms with van der Waals surface area (Å²) in [6.07, 6.45) is 0. The van der Waals surface area contributed by atoms with Gasteiger partial charge in [-0.15, -0.1) is 0 Å². The lowest BCUT2D eigenvalue weighted by molar-refractivity contribution is 0.146. The lowest BCUT2D eigenvalue weighted by Crippen LogP contribution is -2.22. The Labute approximate surface area is 155 Å². The van der Waals surface area contributed by atoms with E-state index in [1.165, 1.54) is 18.4 Å². The van der Waals surface area contributed by atoms with E-state index in [9.17, 15) is 8.42 Å². The number of hydrogen-bond acceptors (Lipinski definition) is 5. The zero-order valence-corrected chi connectivity index (χ0v) is 16.3. The summed E-state index contributed by atoms with van der Waals surface area (Å²) >= 11 is 0. The predicted molar refractivity (Wildman–Crippen MR) is 102 cm³/mol. The minimum absolute atomic E-state index is 0.301. The smallest absolute Gasteiger partial charge is 0.242 e. The third-order valence-corrected chi connectivity index (χ3v) is 5.67. The highest BCUT2D eigenvalue weighted by Gasteiger charge is 2.16. The predicted octanol–water partition coefficient (Wildman–Crippen LogP) is 2.25. The van der Waals surface area contributed by atoms with Crippen molar-refractivity contribution in [2.75, 3.05) is 34.4 Å². The van der Waals surface area contributed by atoms with Crippen LogP contribution in [0.1, 0.15) is 11.1 Å². The monoisotopic (exact) mass is 378 g/mol. The number of nitrogens with one attached hydrogen (secondary N) is 1. The zero-order chi connectivity index (χ0) is 19.0. The van der Waals surface area contributed by atoms with Gasteiger partial charge >= 0.3 is 0 Å². The van der Waals surface area contributed by atoms with Gasteiger partial charge in [0.1, 0.15) is 12.4 Å². The molecular weight excluding hydrogens is 352 g/mol. The van der Waals surface area contributed by atoms with Crippen LogP contribution in [0.15, 0.2) is 53.4 Å². The van der Waals surface area contributed by atoms with E-state index in [-0.39, 0.29) is 0 Å². The molecule has 6 nitrogen and oxygen atoms in total. The Morgan fingerprint density at radius 3 is 1.92 bits per heavy atom. The van der Waals surface area contributed by atoms with Crippen molar-refractivity contribution in [3.05, 3.63) is 59.7 Å². The van der Waals surface area contributed by atoms with Crippen LogP contribution < -0.4 is 10.1 Å². The van der Waals surface area contributed by atoms with Crippen molar-refractivity contribution < 1.29 is 17.9 Å². The summed E-state index contributed by atoms with van der Waals surface area (Å²) in [5.74, 6) is 0.823. The molecule has 7 heteroatoms. The standard InChI is InChI=1S/C19H26N2O4S/c1-21(2)26(22,23)19-10-6-17(7-11-19)15-20-14-16-4-8-18(9-5-16)25-13-12-24-3/h4-11,20H,12-15H2,1-3H3. The second-order valence-electron chi connectivity index (χ2n) is 6.02. The van der Waals surface area contributed by atoms with Crippen LogP contribution in [-0.2, 0) is 27.8 Å². The van der Waals surface area contributed by atoms with Gasteiger partial charge in [-0.05, 0) is 35.4 Å². The molecular formula is C19H26N2O4S. The first-order valence-electron chi connectivity index (χ1n) is 8.36. The van der Waals surface area contributed by atoms with Gasteiger partial charge in [-0.25, -0.2) is 12.7 Å². The fourth-order valence-electron chi connectivity index (χ4n) is 2.29. The van der Waals surface area contributed by atoms with Crippen LogP contribution in [0.3, 0.4) is 0 Å². The fraction of sp³-hybridized carbons (Fsp3) is 0.368. The highest BCUT2D eigenvalue weighted by Crippen LogP contribution is 2.15. The van der Waals surface area contributed by atoms with Crippen molar-refractivity contribution in [1.29, 1.82) is 0 Å². The van der Waals surface area contributed by atoms with Crippen LogP contribution in [-0.4, -0.2) is 47.1 Å². The van der Waals surface area contributed by atoms with E-state index in [4.69, 9.17) is 9.47 Å². The van der Waals surface area contributed by atoms with E-state index >= 15 is 0 Å². The Hall–Kier alpha value is -1.93. The third kappa shape index (κ3) is 5.81. The first-order chi connectivity index (χ1) is 12.4. The van der Waals surface area contributed by atoms with Crippen LogP contribution in [0.25, 0.3) is 0 Å². The van der Waals surface area contributed by atoms with E-state index in [1.807, 2.05) is 36.4 Å². The molecule has 0 aliphatic carbocycles. The molecule has 1 N–H and O–H groups in total. The summed E-state index contributed by atoms with van der Waals surface area (Å²) in [7, 11) is 1.32. The van der Waals surface area contributed by atoms with Crippen molar-refractivity contribution >= 4 is 10.0 Å². The number of rotatable bonds is 10. The maximum Gasteiger partial charge on any atom is 0.242 e. The Balaban J connectivity index is 1.82. The average molecular weight is 378 g/mol. The highest BCUT2D eigenvalue weighted by molar-refractivity contribution is 7.89. The van der Waals surface area contributed by atoms with E-state index < -0.39 is 10.0 Å². The Bertz CT molecular complexity index is 772. The molecule has 0 aliphatic rings. The summed E-state index contributed by atoms with van der Waals surface area (Å²) in [5, 5.41) is 3.35. The lowest BCUT2D eigenvalue weighted by atomic mass is 10.2. The summed E-state index contributed by atoms with van der Waals surface area (Å²) in [5.41, 5.74) is 2.18. The van der Waals surface area contributed by atoms with Gasteiger partial charge in [-0.1, -0.05) is 24.3 Å². The van der Waals surface area contributed by atoms with Gasteiger partial charge in [0.25, 0.3) is 0 Å². The SMILES string of the molecule is COCCOc1ccc(CNCc2ccc(S(=O)(=O)N(C)C)cc2)cc1. The molecule has 0 bridgehead atoms. The number of nitrogens with zero attached hydrogens (tertiary/aromatic N) is 1. The maximum atomic E-state index is 12.0. The second kappa shape index (κ2) is 9.68. The van der Waals surface area contributed by atoms with Crippen molar-refractivity contribution in [2.45, 2.75) is 18.0 Å². The molecule has 0 amide bonds. The molecule has 142 valence electrons. The number of methoxy groups -OCH3 is 1. The van der Waals surface area contributed by atoms with Gasteiger partial charge in [-0.2, -0.15) is 0 Å². The normalized spacial score (nSPS) is 11.7. The Kier molecular flexibility index (Phi) is 7.59. The Morgan fingerprint density at radius 2 is 1.42 bits per heavy atom. The number of benzene rings is 2. The quantitative estimate of drug-likeness (QED) is 0.642. The molecule has 0 atom stereocenters. The number of ether oxygens (including phenoxy) is 2. The van der Waals surface area contributed by atoms with Crippen molar-refractivity contribution in [1.82, 2.24) is 9.62 Å². The molecule has 2 rings (SSSR count). The van der Waals surface area contributed by atoms with Crippen molar-refractivity contribution in [3.63, 3.8) is 0 Å². The van der Waals surface area contributed by atoms with E-state index in [2.05, 4.69) is 5.32 Å². The Morgan fingerprint density at radius 1 is 0.885 bits per heavy atom. The van der Waals surface area contributed by atoms with E-state index in [0.29, 0.717) is 24.7 Å². The van der Waals surface area contributed by atoms with Crippen LogP contribution >= 0.6 is 0 Å². The second-order valence-corrected chi connectivity index (χ2v) is 8.17. The van der Waals surface area contributed by atoms with Gasteiger partial charge in [0.2, 0.25) is 10.0 Å². The van der Waals surface area contributed by atoms with Gasteiger partial charge in [-0.3, -0.25) is 0 Å². The number of hydrogen-bond donors (Lipinski definition) is 1. The summed E-state index contributed by atoms with van der Waals surface area (Å²) < 4.78 is 35.8. The van der Waals surface area contributed by atoms with Crippen LogP contribution in [0.2, 0.25) is 0 Å². The zero-order valence-electron chi connectivity index (χ0n) is 15.4. The molecule has 0 heterocycles. The van der Waals surface area contributed by atoms with Gasteiger partial charge in [0.15, 0.2) is 0 Å². The molecule has 0 fully saturated rings. The van der Waals surface area contributed by atoms with Crippen molar-refractivity contribution in [3.8, 4) is 5.75 Å². The molecule has 0 aromatic heterocycles. The highest BCUT2D eigenvalue weighted by atomic mass is 32.2. The molecule has 0 saturated heterocycles. The molecule has 26 heavy (non-hydrogen) atoms. The molecule has 0 unspecified atom stereocenters. The van der Waals surface area contributed by atoms with Gasteiger partial charge in [0.05, 0.1) is 11.5 Å². The van der Waals surface area contributed by atoms with Crippen LogP contribution in [0.4, 0.5) is 0 Å². The largest absolute Gasteiger partial charge is 0.491 e. The molecule has 2 aromatic carbocycles. The van der Waals surface area contributed by atoms with E-state index in [1.54, 1.807) is 19.2 Å². The average Bonchev–Trinajstić information content (AvgIpc) is 2.63.